The van der Waals surface area contributed by atoms with Crippen LogP contribution in [-0.2, 0) is 11.3 Å². The molecule has 4 heteroatoms. The van der Waals surface area contributed by atoms with Crippen LogP contribution in [0, 0.1) is 5.92 Å². The Hall–Kier alpha value is -1.68. The number of carbonyl (C=O) groups excluding carboxylic acids is 1. The molecule has 19 heavy (non-hydrogen) atoms. The first-order chi connectivity index (χ1) is 9.31. The van der Waals surface area contributed by atoms with Crippen molar-refractivity contribution in [3.05, 3.63) is 41.4 Å². The molecule has 1 saturated carbocycles. The highest BCUT2D eigenvalue weighted by molar-refractivity contribution is 7.13. The minimum Gasteiger partial charge on any atom is -0.352 e. The summed E-state index contributed by atoms with van der Waals surface area (Å²) in [5.41, 5.74) is 2.08. The minimum absolute atomic E-state index is 0.164. The van der Waals surface area contributed by atoms with E-state index in [2.05, 4.69) is 16.4 Å². The topological polar surface area (TPSA) is 42.0 Å². The summed E-state index contributed by atoms with van der Waals surface area (Å²) in [6, 6.07) is 8.08. The van der Waals surface area contributed by atoms with Gasteiger partial charge in [-0.2, -0.15) is 0 Å². The third kappa shape index (κ3) is 3.41. The maximum atomic E-state index is 11.7. The van der Waals surface area contributed by atoms with Crippen LogP contribution in [0.5, 0.6) is 0 Å². The third-order valence-electron chi connectivity index (χ3n) is 3.26. The van der Waals surface area contributed by atoms with Crippen LogP contribution in [0.25, 0.3) is 10.6 Å². The van der Waals surface area contributed by atoms with Crippen molar-refractivity contribution in [2.24, 2.45) is 5.92 Å². The Labute approximate surface area is 116 Å². The standard InChI is InChI=1S/C15H16N2OS/c18-15(9-11-3-4-11)17-10-12-5-6-16-13(8-12)14-2-1-7-19-14/h1-2,5-8,11H,3-4,9-10H2,(H,17,18). The Kier molecular flexibility index (Phi) is 3.60. The van der Waals surface area contributed by atoms with Crippen LogP contribution in [0.2, 0.25) is 0 Å². The lowest BCUT2D eigenvalue weighted by atomic mass is 10.2. The number of rotatable bonds is 5. The molecule has 2 aromatic heterocycles. The van der Waals surface area contributed by atoms with Gasteiger partial charge < -0.3 is 5.32 Å². The van der Waals surface area contributed by atoms with Crippen molar-refractivity contribution in [2.45, 2.75) is 25.8 Å². The summed E-state index contributed by atoms with van der Waals surface area (Å²) in [7, 11) is 0. The van der Waals surface area contributed by atoms with Crippen LogP contribution >= 0.6 is 11.3 Å². The molecule has 0 spiro atoms. The lowest BCUT2D eigenvalue weighted by Crippen LogP contribution is -2.22. The maximum Gasteiger partial charge on any atom is 0.220 e. The van der Waals surface area contributed by atoms with Gasteiger partial charge in [0.25, 0.3) is 0 Å². The molecule has 2 heterocycles. The number of nitrogens with zero attached hydrogens (tertiary/aromatic N) is 1. The van der Waals surface area contributed by atoms with Crippen LogP contribution < -0.4 is 5.32 Å². The number of carbonyl (C=O) groups is 1. The van der Waals surface area contributed by atoms with Crippen molar-refractivity contribution < 1.29 is 4.79 Å². The van der Waals surface area contributed by atoms with E-state index in [-0.39, 0.29) is 5.91 Å². The molecule has 2 aromatic rings. The fourth-order valence-corrected chi connectivity index (χ4v) is 2.69. The number of amides is 1. The van der Waals surface area contributed by atoms with E-state index in [0.29, 0.717) is 18.9 Å². The highest BCUT2D eigenvalue weighted by Crippen LogP contribution is 2.32. The molecule has 0 radical (unpaired) electrons. The molecular formula is C15H16N2OS. The number of aromatic nitrogens is 1. The molecule has 98 valence electrons. The maximum absolute atomic E-state index is 11.7. The largest absolute Gasteiger partial charge is 0.352 e. The predicted octanol–water partition coefficient (Wildman–Crippen LogP) is 3.23. The number of hydrogen-bond acceptors (Lipinski definition) is 3. The molecule has 1 N–H and O–H groups in total. The summed E-state index contributed by atoms with van der Waals surface area (Å²) < 4.78 is 0. The van der Waals surface area contributed by atoms with Crippen molar-refractivity contribution in [1.29, 1.82) is 0 Å². The van der Waals surface area contributed by atoms with Gasteiger partial charge in [0.05, 0.1) is 10.6 Å². The Bertz CT molecular complexity index is 561. The lowest BCUT2D eigenvalue weighted by Gasteiger charge is -2.06. The molecule has 1 fully saturated rings. The Balaban J connectivity index is 1.61. The summed E-state index contributed by atoms with van der Waals surface area (Å²) in [6.45, 7) is 0.590. The molecular weight excluding hydrogens is 256 g/mol. The monoisotopic (exact) mass is 272 g/mol. The second-order valence-corrected chi connectivity index (χ2v) is 5.90. The highest BCUT2D eigenvalue weighted by atomic mass is 32.1. The van der Waals surface area contributed by atoms with E-state index < -0.39 is 0 Å². The van der Waals surface area contributed by atoms with Crippen LogP contribution in [0.1, 0.15) is 24.8 Å². The Morgan fingerprint density at radius 3 is 3.05 bits per heavy atom. The summed E-state index contributed by atoms with van der Waals surface area (Å²) >= 11 is 1.68. The summed E-state index contributed by atoms with van der Waals surface area (Å²) in [6.07, 6.45) is 4.91. The summed E-state index contributed by atoms with van der Waals surface area (Å²) in [4.78, 5) is 17.2. The van der Waals surface area contributed by atoms with Gasteiger partial charge in [-0.15, -0.1) is 11.3 Å². The van der Waals surface area contributed by atoms with Gasteiger partial charge in [-0.05, 0) is 47.9 Å². The first-order valence-electron chi connectivity index (χ1n) is 6.57. The van der Waals surface area contributed by atoms with Crippen LogP contribution in [0.15, 0.2) is 35.8 Å². The van der Waals surface area contributed by atoms with Gasteiger partial charge in [0.1, 0.15) is 0 Å². The SMILES string of the molecule is O=C(CC1CC1)NCc1ccnc(-c2cccs2)c1. The quantitative estimate of drug-likeness (QED) is 0.908. The Morgan fingerprint density at radius 1 is 1.42 bits per heavy atom. The zero-order valence-corrected chi connectivity index (χ0v) is 11.5. The average molecular weight is 272 g/mol. The van der Waals surface area contributed by atoms with Gasteiger partial charge in [-0.1, -0.05) is 6.07 Å². The fourth-order valence-electron chi connectivity index (χ4n) is 2.00. The highest BCUT2D eigenvalue weighted by Gasteiger charge is 2.24. The van der Waals surface area contributed by atoms with Crippen molar-refractivity contribution >= 4 is 17.2 Å². The molecule has 0 saturated heterocycles. The number of pyridine rings is 1. The Morgan fingerprint density at radius 2 is 2.32 bits per heavy atom. The van der Waals surface area contributed by atoms with Crippen LogP contribution in [-0.4, -0.2) is 10.9 Å². The molecule has 0 aliphatic heterocycles. The van der Waals surface area contributed by atoms with Gasteiger partial charge in [0.2, 0.25) is 5.91 Å². The normalized spacial score (nSPS) is 14.3. The lowest BCUT2D eigenvalue weighted by molar-refractivity contribution is -0.121. The van der Waals surface area contributed by atoms with Crippen molar-refractivity contribution in [1.82, 2.24) is 10.3 Å². The van der Waals surface area contributed by atoms with Gasteiger partial charge in [-0.25, -0.2) is 0 Å². The zero-order chi connectivity index (χ0) is 13.1. The molecule has 1 aliphatic rings. The molecule has 3 nitrogen and oxygen atoms in total. The fraction of sp³-hybridized carbons (Fsp3) is 0.333. The summed E-state index contributed by atoms with van der Waals surface area (Å²) in [5, 5.41) is 5.02. The van der Waals surface area contributed by atoms with Gasteiger partial charge in [0.15, 0.2) is 0 Å². The van der Waals surface area contributed by atoms with E-state index in [0.717, 1.165) is 16.1 Å². The summed E-state index contributed by atoms with van der Waals surface area (Å²) in [5.74, 6) is 0.802. The molecule has 0 bridgehead atoms. The molecule has 1 amide bonds. The number of thiophene rings is 1. The minimum atomic E-state index is 0.164. The van der Waals surface area contributed by atoms with E-state index in [4.69, 9.17) is 0 Å². The zero-order valence-electron chi connectivity index (χ0n) is 10.6. The second-order valence-electron chi connectivity index (χ2n) is 4.95. The van der Waals surface area contributed by atoms with Crippen molar-refractivity contribution in [3.63, 3.8) is 0 Å². The smallest absolute Gasteiger partial charge is 0.220 e. The van der Waals surface area contributed by atoms with E-state index in [1.165, 1.54) is 12.8 Å². The molecule has 0 unspecified atom stereocenters. The predicted molar refractivity (Wildman–Crippen MR) is 76.7 cm³/mol. The van der Waals surface area contributed by atoms with Crippen LogP contribution in [0.4, 0.5) is 0 Å². The average Bonchev–Trinajstić information content (AvgIpc) is 3.07. The number of hydrogen-bond donors (Lipinski definition) is 1. The van der Waals surface area contributed by atoms with E-state index in [9.17, 15) is 4.79 Å². The van der Waals surface area contributed by atoms with E-state index >= 15 is 0 Å². The second kappa shape index (κ2) is 5.53. The van der Waals surface area contributed by atoms with Gasteiger partial charge >= 0.3 is 0 Å². The number of nitrogens with one attached hydrogen (secondary N) is 1. The van der Waals surface area contributed by atoms with Gasteiger partial charge in [0, 0.05) is 19.2 Å². The van der Waals surface area contributed by atoms with Crippen molar-refractivity contribution in [2.75, 3.05) is 0 Å². The third-order valence-corrected chi connectivity index (χ3v) is 4.15. The van der Waals surface area contributed by atoms with E-state index in [1.54, 1.807) is 17.5 Å². The molecule has 1 aliphatic carbocycles. The first kappa shape index (κ1) is 12.4. The van der Waals surface area contributed by atoms with E-state index in [1.807, 2.05) is 23.6 Å². The first-order valence-corrected chi connectivity index (χ1v) is 7.45. The molecule has 0 aromatic carbocycles. The molecule has 0 atom stereocenters. The van der Waals surface area contributed by atoms with Crippen molar-refractivity contribution in [3.8, 4) is 10.6 Å². The van der Waals surface area contributed by atoms with Gasteiger partial charge in [-0.3, -0.25) is 9.78 Å². The molecule has 3 rings (SSSR count). The van der Waals surface area contributed by atoms with Crippen LogP contribution in [0.3, 0.4) is 0 Å².